The molecular formula is C26H27N5O. The summed E-state index contributed by atoms with van der Waals surface area (Å²) < 4.78 is 0. The maximum atomic E-state index is 13.3. The summed E-state index contributed by atoms with van der Waals surface area (Å²) in [5, 5.41) is 3.40. The van der Waals surface area contributed by atoms with E-state index in [1.165, 1.54) is 0 Å². The second-order valence-electron chi connectivity index (χ2n) is 8.40. The number of hydrogen-bond acceptors (Lipinski definition) is 5. The Bertz CT molecular complexity index is 1100. The zero-order valence-electron chi connectivity index (χ0n) is 18.0. The topological polar surface area (TPSA) is 71.0 Å². The van der Waals surface area contributed by atoms with Crippen molar-refractivity contribution in [2.75, 3.05) is 11.9 Å². The third kappa shape index (κ3) is 4.40. The maximum absolute atomic E-state index is 13.3. The van der Waals surface area contributed by atoms with E-state index in [1.807, 2.05) is 59.6 Å². The number of carbonyl (C=O) groups is 1. The van der Waals surface area contributed by atoms with E-state index in [2.05, 4.69) is 22.5 Å². The lowest BCUT2D eigenvalue weighted by Gasteiger charge is -2.29. The first-order chi connectivity index (χ1) is 15.8. The van der Waals surface area contributed by atoms with Gasteiger partial charge >= 0.3 is 0 Å². The molecule has 0 bridgehead atoms. The average molecular weight is 426 g/mol. The molecule has 3 heterocycles. The first-order valence-electron chi connectivity index (χ1n) is 11.3. The molecule has 1 saturated heterocycles. The number of likely N-dealkylation sites (tertiary alicyclic amines) is 1. The zero-order chi connectivity index (χ0) is 21.8. The fraction of sp³-hybridized carbons (Fsp3) is 0.308. The van der Waals surface area contributed by atoms with Crippen LogP contribution in [0.5, 0.6) is 0 Å². The highest BCUT2D eigenvalue weighted by Crippen LogP contribution is 2.35. The number of nitrogens with zero attached hydrogens (tertiary/aromatic N) is 4. The number of aromatic nitrogens is 3. The number of amides is 1. The third-order valence-corrected chi connectivity index (χ3v) is 6.20. The van der Waals surface area contributed by atoms with Crippen LogP contribution in [0.4, 0.5) is 11.5 Å². The molecule has 2 aliphatic rings. The van der Waals surface area contributed by atoms with E-state index < -0.39 is 0 Å². The van der Waals surface area contributed by atoms with Gasteiger partial charge in [0.2, 0.25) is 5.91 Å². The first kappa shape index (κ1) is 20.4. The van der Waals surface area contributed by atoms with Crippen LogP contribution in [0.3, 0.4) is 0 Å². The van der Waals surface area contributed by atoms with Gasteiger partial charge in [-0.3, -0.25) is 9.78 Å². The van der Waals surface area contributed by atoms with E-state index in [0.29, 0.717) is 5.82 Å². The molecule has 1 aromatic carbocycles. The van der Waals surface area contributed by atoms with E-state index in [0.717, 1.165) is 61.4 Å². The molecule has 0 saturated carbocycles. The number of anilines is 2. The standard InChI is InChI=1S/C26H27N5O/c32-26(19-9-3-1-4-10-19)31-16-8-14-23(31)25-29-22(20-11-7-15-27-18-20)17-24(30-25)28-21-12-5-2-6-13-21/h1-3,5-7,11-13,15,17-19,23H,4,8-10,14,16H2,(H,28,29,30)/t19-,23+/m1/s1. The van der Waals surface area contributed by atoms with Gasteiger partial charge in [0.15, 0.2) is 5.82 Å². The molecule has 1 N–H and O–H groups in total. The van der Waals surface area contributed by atoms with E-state index in [1.54, 1.807) is 6.20 Å². The minimum absolute atomic E-state index is 0.0732. The van der Waals surface area contributed by atoms with E-state index >= 15 is 0 Å². The minimum atomic E-state index is -0.0960. The molecule has 0 spiro atoms. The SMILES string of the molecule is O=C([C@@H]1CC=CCC1)N1CCC[C@H]1c1nc(Nc2ccccc2)cc(-c2cccnc2)n1. The van der Waals surface area contributed by atoms with Crippen LogP contribution >= 0.6 is 0 Å². The van der Waals surface area contributed by atoms with Crippen LogP contribution < -0.4 is 5.32 Å². The Morgan fingerprint density at radius 3 is 2.72 bits per heavy atom. The van der Waals surface area contributed by atoms with Crippen molar-refractivity contribution >= 4 is 17.4 Å². The number of carbonyl (C=O) groups excluding carboxylic acids is 1. The number of nitrogens with one attached hydrogen (secondary N) is 1. The number of pyridine rings is 1. The highest BCUT2D eigenvalue weighted by atomic mass is 16.2. The van der Waals surface area contributed by atoms with Crippen molar-refractivity contribution in [2.45, 2.75) is 38.1 Å². The molecule has 1 aliphatic heterocycles. The molecule has 5 rings (SSSR count). The molecule has 1 amide bonds. The molecule has 0 radical (unpaired) electrons. The Balaban J connectivity index is 1.49. The van der Waals surface area contributed by atoms with Gasteiger partial charge in [0.25, 0.3) is 0 Å². The first-order valence-corrected chi connectivity index (χ1v) is 11.3. The molecule has 6 nitrogen and oxygen atoms in total. The van der Waals surface area contributed by atoms with Gasteiger partial charge in [-0.25, -0.2) is 9.97 Å². The van der Waals surface area contributed by atoms with Crippen LogP contribution in [-0.2, 0) is 4.79 Å². The van der Waals surface area contributed by atoms with Gasteiger partial charge in [-0.1, -0.05) is 30.4 Å². The summed E-state index contributed by atoms with van der Waals surface area (Å²) >= 11 is 0. The van der Waals surface area contributed by atoms with Crippen LogP contribution in [0.15, 0.2) is 73.1 Å². The molecule has 3 aromatic rings. The van der Waals surface area contributed by atoms with Gasteiger partial charge < -0.3 is 10.2 Å². The summed E-state index contributed by atoms with van der Waals surface area (Å²) in [6, 6.07) is 15.7. The van der Waals surface area contributed by atoms with E-state index in [9.17, 15) is 4.79 Å². The summed E-state index contributed by atoms with van der Waals surface area (Å²) in [4.78, 5) is 29.4. The van der Waals surface area contributed by atoms with Gasteiger partial charge in [0, 0.05) is 42.2 Å². The molecule has 6 heteroatoms. The van der Waals surface area contributed by atoms with Gasteiger partial charge in [0.1, 0.15) is 5.82 Å². The van der Waals surface area contributed by atoms with Crippen molar-refractivity contribution in [1.29, 1.82) is 0 Å². The van der Waals surface area contributed by atoms with Crippen LogP contribution in [0, 0.1) is 5.92 Å². The van der Waals surface area contributed by atoms with Crippen molar-refractivity contribution in [1.82, 2.24) is 19.9 Å². The number of benzene rings is 1. The predicted molar refractivity (Wildman–Crippen MR) is 125 cm³/mol. The normalized spacial score (nSPS) is 20.3. The highest BCUT2D eigenvalue weighted by Gasteiger charge is 2.35. The molecule has 0 unspecified atom stereocenters. The second-order valence-corrected chi connectivity index (χ2v) is 8.40. The lowest BCUT2D eigenvalue weighted by molar-refractivity contribution is -0.136. The van der Waals surface area contributed by atoms with Crippen molar-refractivity contribution in [2.24, 2.45) is 5.92 Å². The zero-order valence-corrected chi connectivity index (χ0v) is 18.0. The van der Waals surface area contributed by atoms with Gasteiger partial charge in [-0.05, 0) is 56.4 Å². The summed E-state index contributed by atoms with van der Waals surface area (Å²) in [6.45, 7) is 0.769. The summed E-state index contributed by atoms with van der Waals surface area (Å²) in [7, 11) is 0. The molecule has 32 heavy (non-hydrogen) atoms. The molecule has 1 aliphatic carbocycles. The van der Waals surface area contributed by atoms with Crippen LogP contribution in [0.1, 0.15) is 44.0 Å². The Hall–Kier alpha value is -3.54. The van der Waals surface area contributed by atoms with Crippen LogP contribution in [0.2, 0.25) is 0 Å². The number of rotatable bonds is 5. The van der Waals surface area contributed by atoms with Crippen LogP contribution in [-0.4, -0.2) is 32.3 Å². The lowest BCUT2D eigenvalue weighted by Crippen LogP contribution is -2.36. The molecule has 2 aromatic heterocycles. The quantitative estimate of drug-likeness (QED) is 0.562. The average Bonchev–Trinajstić information content (AvgIpc) is 3.35. The van der Waals surface area contributed by atoms with Crippen molar-refractivity contribution in [3.63, 3.8) is 0 Å². The summed E-state index contributed by atoms with van der Waals surface area (Å²) in [5.41, 5.74) is 2.70. The van der Waals surface area contributed by atoms with Gasteiger partial charge in [-0.15, -0.1) is 0 Å². The van der Waals surface area contributed by atoms with Gasteiger partial charge in [0.05, 0.1) is 11.7 Å². The predicted octanol–water partition coefficient (Wildman–Crippen LogP) is 5.30. The summed E-state index contributed by atoms with van der Waals surface area (Å²) in [5.74, 6) is 1.73. The van der Waals surface area contributed by atoms with Crippen LogP contribution in [0.25, 0.3) is 11.3 Å². The number of hydrogen-bond donors (Lipinski definition) is 1. The van der Waals surface area contributed by atoms with Crippen molar-refractivity contribution < 1.29 is 4.79 Å². The molecule has 1 fully saturated rings. The Morgan fingerprint density at radius 1 is 1.03 bits per heavy atom. The van der Waals surface area contributed by atoms with E-state index in [-0.39, 0.29) is 17.9 Å². The summed E-state index contributed by atoms with van der Waals surface area (Å²) in [6.07, 6.45) is 12.5. The number of allylic oxidation sites excluding steroid dienone is 2. The van der Waals surface area contributed by atoms with Gasteiger partial charge in [-0.2, -0.15) is 0 Å². The lowest BCUT2D eigenvalue weighted by atomic mass is 9.93. The third-order valence-electron chi connectivity index (χ3n) is 6.20. The maximum Gasteiger partial charge on any atom is 0.226 e. The Kier molecular flexibility index (Phi) is 5.92. The smallest absolute Gasteiger partial charge is 0.226 e. The Morgan fingerprint density at radius 2 is 1.94 bits per heavy atom. The van der Waals surface area contributed by atoms with Crippen molar-refractivity contribution in [3.8, 4) is 11.3 Å². The highest BCUT2D eigenvalue weighted by molar-refractivity contribution is 5.80. The molecule has 2 atom stereocenters. The fourth-order valence-electron chi connectivity index (χ4n) is 4.56. The van der Waals surface area contributed by atoms with E-state index in [4.69, 9.17) is 9.97 Å². The monoisotopic (exact) mass is 425 g/mol. The second kappa shape index (κ2) is 9.30. The minimum Gasteiger partial charge on any atom is -0.340 e. The fourth-order valence-corrected chi connectivity index (χ4v) is 4.56. The Labute approximate surface area is 188 Å². The molecule has 162 valence electrons. The van der Waals surface area contributed by atoms with Crippen molar-refractivity contribution in [3.05, 3.63) is 78.9 Å². The molecular weight excluding hydrogens is 398 g/mol. The largest absolute Gasteiger partial charge is 0.340 e. The number of para-hydroxylation sites is 1.